The van der Waals surface area contributed by atoms with Gasteiger partial charge < -0.3 is 19.9 Å². The standard InChI is InChI=1S/C26H29BrN6O3/c1-26(2,3)36-25(35)33-10-8-32(9-11-33)24-29-13-18(14-30-24)31-22-19-12-17(27)6-7-21(19)28-15-20(22)23(34)16-4-5-16/h6-7,12-16H,4-5,8-11H2,1-3H3,(H,28,31). The van der Waals surface area contributed by atoms with E-state index in [1.54, 1.807) is 23.5 Å². The second kappa shape index (κ2) is 9.65. The maximum atomic E-state index is 13.0. The fourth-order valence-electron chi connectivity index (χ4n) is 4.16. The molecule has 2 fully saturated rings. The Balaban J connectivity index is 1.32. The van der Waals surface area contributed by atoms with Crippen LogP contribution in [0.25, 0.3) is 10.9 Å². The summed E-state index contributed by atoms with van der Waals surface area (Å²) in [6, 6.07) is 5.82. The van der Waals surface area contributed by atoms with Gasteiger partial charge in [-0.05, 0) is 51.8 Å². The number of anilines is 3. The van der Waals surface area contributed by atoms with Crippen molar-refractivity contribution in [1.82, 2.24) is 19.9 Å². The fraction of sp³-hybridized carbons (Fsp3) is 0.423. The Kier molecular flexibility index (Phi) is 6.55. The van der Waals surface area contributed by atoms with E-state index < -0.39 is 5.60 Å². The van der Waals surface area contributed by atoms with E-state index in [1.165, 1.54) is 0 Å². The van der Waals surface area contributed by atoms with E-state index in [4.69, 9.17) is 4.74 Å². The molecule has 188 valence electrons. The highest BCUT2D eigenvalue weighted by Gasteiger charge is 2.33. The molecule has 10 heteroatoms. The van der Waals surface area contributed by atoms with Crippen LogP contribution in [-0.2, 0) is 4.74 Å². The molecular formula is C26H29BrN6O3. The number of nitrogens with zero attached hydrogens (tertiary/aromatic N) is 5. The number of halogens is 1. The summed E-state index contributed by atoms with van der Waals surface area (Å²) in [6.45, 7) is 7.92. The molecule has 1 amide bonds. The number of Topliss-reactive ketones (excluding diaryl/α,β-unsaturated/α-hetero) is 1. The van der Waals surface area contributed by atoms with E-state index in [9.17, 15) is 9.59 Å². The van der Waals surface area contributed by atoms with Gasteiger partial charge in [-0.25, -0.2) is 14.8 Å². The molecule has 5 rings (SSSR count). The Hall–Kier alpha value is -3.27. The molecule has 1 saturated carbocycles. The number of hydrogen-bond donors (Lipinski definition) is 1. The van der Waals surface area contributed by atoms with E-state index >= 15 is 0 Å². The van der Waals surface area contributed by atoms with E-state index in [0.29, 0.717) is 43.4 Å². The van der Waals surface area contributed by atoms with Crippen molar-refractivity contribution in [1.29, 1.82) is 0 Å². The van der Waals surface area contributed by atoms with Gasteiger partial charge in [0.1, 0.15) is 5.60 Å². The number of hydrogen-bond acceptors (Lipinski definition) is 8. The summed E-state index contributed by atoms with van der Waals surface area (Å²) in [5.74, 6) is 0.795. The zero-order valence-corrected chi connectivity index (χ0v) is 22.2. The minimum absolute atomic E-state index is 0.0786. The first-order valence-electron chi connectivity index (χ1n) is 12.1. The quantitative estimate of drug-likeness (QED) is 0.432. The number of nitrogens with one attached hydrogen (secondary N) is 1. The smallest absolute Gasteiger partial charge is 0.410 e. The van der Waals surface area contributed by atoms with Gasteiger partial charge in [0.05, 0.1) is 34.8 Å². The van der Waals surface area contributed by atoms with Crippen LogP contribution < -0.4 is 10.2 Å². The highest BCUT2D eigenvalue weighted by molar-refractivity contribution is 9.10. The maximum Gasteiger partial charge on any atom is 0.410 e. The summed E-state index contributed by atoms with van der Waals surface area (Å²) in [7, 11) is 0. The molecule has 3 aromatic rings. The van der Waals surface area contributed by atoms with Gasteiger partial charge in [-0.1, -0.05) is 15.9 Å². The first-order valence-corrected chi connectivity index (χ1v) is 12.9. The number of aromatic nitrogens is 3. The zero-order valence-electron chi connectivity index (χ0n) is 20.6. The average molecular weight is 553 g/mol. The number of carbonyl (C=O) groups excluding carboxylic acids is 2. The summed E-state index contributed by atoms with van der Waals surface area (Å²) in [5, 5.41) is 4.24. The van der Waals surface area contributed by atoms with Crippen molar-refractivity contribution in [2.75, 3.05) is 36.4 Å². The molecule has 0 unspecified atom stereocenters. The Morgan fingerprint density at radius 2 is 1.72 bits per heavy atom. The zero-order chi connectivity index (χ0) is 25.4. The number of piperazine rings is 1. The van der Waals surface area contributed by atoms with Crippen LogP contribution in [0, 0.1) is 5.92 Å². The molecule has 1 aliphatic heterocycles. The largest absolute Gasteiger partial charge is 0.444 e. The van der Waals surface area contributed by atoms with Crippen molar-refractivity contribution in [2.24, 2.45) is 5.92 Å². The molecule has 1 aliphatic carbocycles. The predicted molar refractivity (Wildman–Crippen MR) is 142 cm³/mol. The molecule has 0 bridgehead atoms. The summed E-state index contributed by atoms with van der Waals surface area (Å²) in [6.07, 6.45) is 6.66. The number of pyridine rings is 1. The second-order valence-electron chi connectivity index (χ2n) is 10.2. The van der Waals surface area contributed by atoms with E-state index in [0.717, 1.165) is 33.9 Å². The van der Waals surface area contributed by atoms with Gasteiger partial charge in [-0.3, -0.25) is 9.78 Å². The molecule has 1 aromatic carbocycles. The van der Waals surface area contributed by atoms with Gasteiger partial charge in [0.15, 0.2) is 5.78 Å². The molecule has 1 N–H and O–H groups in total. The van der Waals surface area contributed by atoms with Gasteiger partial charge in [0.25, 0.3) is 0 Å². The highest BCUT2D eigenvalue weighted by atomic mass is 79.9. The third-order valence-corrected chi connectivity index (χ3v) is 6.66. The van der Waals surface area contributed by atoms with Crippen LogP contribution >= 0.6 is 15.9 Å². The molecule has 2 aliphatic rings. The van der Waals surface area contributed by atoms with E-state index in [1.807, 2.05) is 43.9 Å². The fourth-order valence-corrected chi connectivity index (χ4v) is 4.52. The lowest BCUT2D eigenvalue weighted by Gasteiger charge is -2.35. The predicted octanol–water partition coefficient (Wildman–Crippen LogP) is 5.18. The molecule has 36 heavy (non-hydrogen) atoms. The van der Waals surface area contributed by atoms with Gasteiger partial charge in [-0.2, -0.15) is 0 Å². The van der Waals surface area contributed by atoms with E-state index in [2.05, 4.69) is 36.2 Å². The Morgan fingerprint density at radius 1 is 1.03 bits per heavy atom. The summed E-state index contributed by atoms with van der Waals surface area (Å²) < 4.78 is 6.38. The number of rotatable bonds is 5. The van der Waals surface area contributed by atoms with Crippen LogP contribution in [-0.4, -0.2) is 63.5 Å². The lowest BCUT2D eigenvalue weighted by molar-refractivity contribution is 0.0240. The molecule has 2 aromatic heterocycles. The van der Waals surface area contributed by atoms with Crippen LogP contribution in [0.1, 0.15) is 44.0 Å². The third kappa shape index (κ3) is 5.43. The van der Waals surface area contributed by atoms with Crippen LogP contribution in [0.4, 0.5) is 22.1 Å². The molecule has 0 radical (unpaired) electrons. The van der Waals surface area contributed by atoms with Crippen molar-refractivity contribution < 1.29 is 14.3 Å². The lowest BCUT2D eigenvalue weighted by atomic mass is 10.0. The number of carbonyl (C=O) groups is 2. The van der Waals surface area contributed by atoms with E-state index in [-0.39, 0.29) is 17.8 Å². The molecule has 0 spiro atoms. The van der Waals surface area contributed by atoms with Crippen molar-refractivity contribution in [2.45, 2.75) is 39.2 Å². The maximum absolute atomic E-state index is 13.0. The third-order valence-electron chi connectivity index (χ3n) is 6.17. The first-order chi connectivity index (χ1) is 17.2. The van der Waals surface area contributed by atoms with Gasteiger partial charge >= 0.3 is 6.09 Å². The monoisotopic (exact) mass is 552 g/mol. The number of ether oxygens (including phenoxy) is 1. The summed E-state index contributed by atoms with van der Waals surface area (Å²) in [5.41, 5.74) is 2.28. The lowest BCUT2D eigenvalue weighted by Crippen LogP contribution is -2.50. The van der Waals surface area contributed by atoms with Crippen molar-refractivity contribution in [3.05, 3.63) is 46.8 Å². The minimum atomic E-state index is -0.514. The topological polar surface area (TPSA) is 101 Å². The molecular weight excluding hydrogens is 524 g/mol. The normalized spacial score (nSPS) is 16.2. The Bertz CT molecular complexity index is 1300. The second-order valence-corrected chi connectivity index (χ2v) is 11.1. The van der Waals surface area contributed by atoms with Crippen LogP contribution in [0.15, 0.2) is 41.3 Å². The molecule has 3 heterocycles. The molecule has 9 nitrogen and oxygen atoms in total. The van der Waals surface area contributed by atoms with Crippen LogP contribution in [0.2, 0.25) is 0 Å². The summed E-state index contributed by atoms with van der Waals surface area (Å²) in [4.78, 5) is 42.7. The number of ketones is 1. The van der Waals surface area contributed by atoms with Crippen LogP contribution in [0.3, 0.4) is 0 Å². The number of amides is 1. The van der Waals surface area contributed by atoms with Crippen molar-refractivity contribution >= 4 is 56.0 Å². The average Bonchev–Trinajstić information content (AvgIpc) is 3.69. The highest BCUT2D eigenvalue weighted by Crippen LogP contribution is 2.38. The first kappa shape index (κ1) is 24.4. The molecule has 0 atom stereocenters. The molecule has 1 saturated heterocycles. The van der Waals surface area contributed by atoms with Gasteiger partial charge in [0.2, 0.25) is 5.95 Å². The number of benzene rings is 1. The van der Waals surface area contributed by atoms with Crippen LogP contribution in [0.5, 0.6) is 0 Å². The van der Waals surface area contributed by atoms with Gasteiger partial charge in [-0.15, -0.1) is 0 Å². The van der Waals surface area contributed by atoms with Crippen molar-refractivity contribution in [3.8, 4) is 0 Å². The SMILES string of the molecule is CC(C)(C)OC(=O)N1CCN(c2ncc(Nc3c(C(=O)C4CC4)cnc4ccc(Br)cc34)cn2)CC1. The Morgan fingerprint density at radius 3 is 2.36 bits per heavy atom. The number of fused-ring (bicyclic) bond motifs is 1. The minimum Gasteiger partial charge on any atom is -0.444 e. The van der Waals surface area contributed by atoms with Crippen molar-refractivity contribution in [3.63, 3.8) is 0 Å². The summed E-state index contributed by atoms with van der Waals surface area (Å²) >= 11 is 3.53. The Labute approximate surface area is 218 Å². The van der Waals surface area contributed by atoms with Gasteiger partial charge in [0, 0.05) is 48.2 Å².